The van der Waals surface area contributed by atoms with Gasteiger partial charge in [-0.3, -0.25) is 4.79 Å². The lowest BCUT2D eigenvalue weighted by Crippen LogP contribution is -2.12. The summed E-state index contributed by atoms with van der Waals surface area (Å²) < 4.78 is 23.6. The largest absolute Gasteiger partial charge is 0.452 e. The first-order chi connectivity index (χ1) is 11.0. The van der Waals surface area contributed by atoms with Crippen molar-refractivity contribution in [1.82, 2.24) is 0 Å². The monoisotopic (exact) mass is 312 g/mol. The lowest BCUT2D eigenvalue weighted by molar-refractivity contribution is 0.0302. The highest BCUT2D eigenvalue weighted by Crippen LogP contribution is 2.20. The van der Waals surface area contributed by atoms with Crippen LogP contribution < -0.4 is 5.43 Å². The van der Waals surface area contributed by atoms with Gasteiger partial charge in [0.15, 0.2) is 5.43 Å². The maximum atomic E-state index is 12.9. The van der Waals surface area contributed by atoms with Crippen molar-refractivity contribution in [2.75, 3.05) is 0 Å². The first-order valence-electron chi connectivity index (χ1n) is 7.04. The van der Waals surface area contributed by atoms with E-state index in [-0.39, 0.29) is 17.0 Å². The summed E-state index contributed by atoms with van der Waals surface area (Å²) in [5.41, 5.74) is 0.650. The Morgan fingerprint density at radius 1 is 1.13 bits per heavy atom. The van der Waals surface area contributed by atoms with E-state index < -0.39 is 12.1 Å². The number of carbonyl (C=O) groups excluding carboxylic acids is 1. The van der Waals surface area contributed by atoms with Crippen molar-refractivity contribution in [2.45, 2.75) is 13.0 Å². The number of fused-ring (bicyclic) bond motifs is 1. The molecule has 2 aromatic carbocycles. The predicted molar refractivity (Wildman–Crippen MR) is 82.7 cm³/mol. The maximum absolute atomic E-state index is 12.9. The fraction of sp³-hybridized carbons (Fsp3) is 0.111. The van der Waals surface area contributed by atoms with Gasteiger partial charge in [-0.1, -0.05) is 24.3 Å². The van der Waals surface area contributed by atoms with Crippen molar-refractivity contribution >= 4 is 16.9 Å². The number of hydrogen-bond donors (Lipinski definition) is 0. The molecular weight excluding hydrogens is 299 g/mol. The molecule has 0 spiro atoms. The maximum Gasteiger partial charge on any atom is 0.374 e. The van der Waals surface area contributed by atoms with Gasteiger partial charge < -0.3 is 9.15 Å². The summed E-state index contributed by atoms with van der Waals surface area (Å²) in [6, 6.07) is 13.4. The smallest absolute Gasteiger partial charge is 0.374 e. The summed E-state index contributed by atoms with van der Waals surface area (Å²) >= 11 is 0. The fourth-order valence-corrected chi connectivity index (χ4v) is 2.23. The molecule has 0 aliphatic carbocycles. The minimum Gasteiger partial charge on any atom is -0.452 e. The van der Waals surface area contributed by atoms with E-state index in [4.69, 9.17) is 9.15 Å². The highest BCUT2D eigenvalue weighted by atomic mass is 19.1. The van der Waals surface area contributed by atoms with Crippen LogP contribution in [0.25, 0.3) is 11.0 Å². The van der Waals surface area contributed by atoms with Crippen molar-refractivity contribution in [1.29, 1.82) is 0 Å². The summed E-state index contributed by atoms with van der Waals surface area (Å²) in [6.45, 7) is 1.66. The number of hydrogen-bond acceptors (Lipinski definition) is 4. The molecule has 0 N–H and O–H groups in total. The van der Waals surface area contributed by atoms with Gasteiger partial charge in [-0.05, 0) is 36.8 Å². The Morgan fingerprint density at radius 2 is 1.83 bits per heavy atom. The van der Waals surface area contributed by atoms with Crippen LogP contribution >= 0.6 is 0 Å². The Morgan fingerprint density at radius 3 is 2.57 bits per heavy atom. The molecule has 3 rings (SSSR count). The Balaban J connectivity index is 1.85. The van der Waals surface area contributed by atoms with E-state index in [1.54, 1.807) is 31.2 Å². The Labute approximate surface area is 131 Å². The number of rotatable bonds is 3. The summed E-state index contributed by atoms with van der Waals surface area (Å²) in [4.78, 5) is 24.2. The van der Waals surface area contributed by atoms with E-state index in [0.29, 0.717) is 16.5 Å². The van der Waals surface area contributed by atoms with Crippen molar-refractivity contribution in [2.24, 2.45) is 0 Å². The number of benzene rings is 2. The molecule has 1 atom stereocenters. The second-order valence-electron chi connectivity index (χ2n) is 5.07. The first-order valence-corrected chi connectivity index (χ1v) is 7.04. The molecule has 1 aromatic heterocycles. The van der Waals surface area contributed by atoms with Crippen LogP contribution in [0.1, 0.15) is 29.1 Å². The summed E-state index contributed by atoms with van der Waals surface area (Å²) in [5.74, 6) is -1.28. The van der Waals surface area contributed by atoms with E-state index in [0.717, 1.165) is 6.07 Å². The molecule has 0 radical (unpaired) electrons. The zero-order valence-corrected chi connectivity index (χ0v) is 12.3. The lowest BCUT2D eigenvalue weighted by atomic mass is 10.1. The second-order valence-corrected chi connectivity index (χ2v) is 5.07. The van der Waals surface area contributed by atoms with E-state index in [2.05, 4.69) is 0 Å². The summed E-state index contributed by atoms with van der Waals surface area (Å²) in [7, 11) is 0. The average molecular weight is 312 g/mol. The van der Waals surface area contributed by atoms with E-state index in [9.17, 15) is 14.0 Å². The number of para-hydroxylation sites is 1. The van der Waals surface area contributed by atoms with Gasteiger partial charge in [0.2, 0.25) is 5.76 Å². The van der Waals surface area contributed by atoms with Crippen molar-refractivity contribution in [3.63, 3.8) is 0 Å². The van der Waals surface area contributed by atoms with Crippen LogP contribution in [0.2, 0.25) is 0 Å². The molecule has 116 valence electrons. The minimum absolute atomic E-state index is 0.164. The molecule has 3 aromatic rings. The van der Waals surface area contributed by atoms with Crippen LogP contribution in [-0.2, 0) is 4.74 Å². The number of esters is 1. The molecule has 0 unspecified atom stereocenters. The lowest BCUT2D eigenvalue weighted by Gasteiger charge is -2.13. The zero-order valence-electron chi connectivity index (χ0n) is 12.3. The fourth-order valence-electron chi connectivity index (χ4n) is 2.23. The normalized spacial score (nSPS) is 12.1. The molecular formula is C18H13FO4. The van der Waals surface area contributed by atoms with E-state index in [1.165, 1.54) is 24.3 Å². The second kappa shape index (κ2) is 6.04. The third kappa shape index (κ3) is 3.13. The first kappa shape index (κ1) is 15.0. The van der Waals surface area contributed by atoms with Crippen LogP contribution in [0.15, 0.2) is 63.8 Å². The number of halogens is 1. The average Bonchev–Trinajstić information content (AvgIpc) is 2.55. The quantitative estimate of drug-likeness (QED) is 0.689. The van der Waals surface area contributed by atoms with Crippen LogP contribution in [0.5, 0.6) is 0 Å². The van der Waals surface area contributed by atoms with E-state index >= 15 is 0 Å². The molecule has 0 amide bonds. The Kier molecular flexibility index (Phi) is 3.93. The van der Waals surface area contributed by atoms with Gasteiger partial charge in [0.05, 0.1) is 5.39 Å². The molecule has 0 saturated carbocycles. The van der Waals surface area contributed by atoms with Gasteiger partial charge in [0, 0.05) is 6.07 Å². The standard InChI is InChI=1S/C18H13FO4/c1-11(12-6-8-13(19)9-7-12)22-18(21)17-10-15(20)14-4-2-3-5-16(14)23-17/h2-11H,1H3/t11-/m1/s1. The van der Waals surface area contributed by atoms with Crippen LogP contribution in [0, 0.1) is 5.82 Å². The number of carbonyl (C=O) groups is 1. The SMILES string of the molecule is C[C@@H](OC(=O)c1cc(=O)c2ccccc2o1)c1ccc(F)cc1. The topological polar surface area (TPSA) is 56.5 Å². The van der Waals surface area contributed by atoms with Gasteiger partial charge in [0.25, 0.3) is 0 Å². The van der Waals surface area contributed by atoms with Gasteiger partial charge in [-0.2, -0.15) is 0 Å². The van der Waals surface area contributed by atoms with Gasteiger partial charge in [0.1, 0.15) is 17.5 Å². The van der Waals surface area contributed by atoms with Gasteiger partial charge >= 0.3 is 5.97 Å². The van der Waals surface area contributed by atoms with Gasteiger partial charge in [-0.15, -0.1) is 0 Å². The third-order valence-electron chi connectivity index (χ3n) is 3.46. The zero-order chi connectivity index (χ0) is 16.4. The van der Waals surface area contributed by atoms with Crippen LogP contribution in [0.3, 0.4) is 0 Å². The van der Waals surface area contributed by atoms with Crippen molar-refractivity contribution in [3.05, 3.63) is 82.0 Å². The van der Waals surface area contributed by atoms with Crippen LogP contribution in [-0.4, -0.2) is 5.97 Å². The highest BCUT2D eigenvalue weighted by Gasteiger charge is 2.17. The van der Waals surface area contributed by atoms with Crippen LogP contribution in [0.4, 0.5) is 4.39 Å². The summed E-state index contributed by atoms with van der Waals surface area (Å²) in [6.07, 6.45) is -0.597. The van der Waals surface area contributed by atoms with E-state index in [1.807, 2.05) is 0 Å². The molecule has 0 fully saturated rings. The molecule has 23 heavy (non-hydrogen) atoms. The minimum atomic E-state index is -0.746. The third-order valence-corrected chi connectivity index (χ3v) is 3.46. The molecule has 0 aliphatic heterocycles. The molecule has 0 aliphatic rings. The molecule has 5 heteroatoms. The molecule has 0 saturated heterocycles. The molecule has 0 bridgehead atoms. The van der Waals surface area contributed by atoms with Crippen molar-refractivity contribution < 1.29 is 18.3 Å². The Hall–Kier alpha value is -2.95. The predicted octanol–water partition coefficient (Wildman–Crippen LogP) is 3.85. The Bertz CT molecular complexity index is 912. The molecule has 4 nitrogen and oxygen atoms in total. The van der Waals surface area contributed by atoms with Gasteiger partial charge in [-0.25, -0.2) is 9.18 Å². The molecule has 1 heterocycles. The summed E-state index contributed by atoms with van der Waals surface area (Å²) in [5, 5.41) is 0.399. The van der Waals surface area contributed by atoms with Crippen molar-refractivity contribution in [3.8, 4) is 0 Å². The number of ether oxygens (including phenoxy) is 1. The highest BCUT2D eigenvalue weighted by molar-refractivity contribution is 5.89.